The number of anilines is 1. The van der Waals surface area contributed by atoms with Crippen LogP contribution in [0.1, 0.15) is 12.0 Å². The van der Waals surface area contributed by atoms with Gasteiger partial charge in [-0.15, -0.1) is 0 Å². The Morgan fingerprint density at radius 1 is 1.33 bits per heavy atom. The Morgan fingerprint density at radius 3 is 2.44 bits per heavy atom. The van der Waals surface area contributed by atoms with E-state index < -0.39 is 18.2 Å². The number of benzene rings is 1. The Balaban J connectivity index is 2.75. The minimum atomic E-state index is -0.531. The Labute approximate surface area is 107 Å². The molecule has 1 atom stereocenters. The van der Waals surface area contributed by atoms with E-state index in [1.165, 1.54) is 14.2 Å². The number of carbonyl (C=O) groups is 1. The van der Waals surface area contributed by atoms with Gasteiger partial charge in [0.15, 0.2) is 6.29 Å². The fraction of sp³-hybridized carbons (Fsp3) is 0.462. The molecule has 18 heavy (non-hydrogen) atoms. The number of carbonyl (C=O) groups excluding carboxylic acids is 1. The molecule has 0 saturated carbocycles. The normalized spacial score (nSPS) is 12.4. The van der Waals surface area contributed by atoms with Crippen LogP contribution in [0.15, 0.2) is 24.3 Å². The number of rotatable bonds is 7. The number of nitrogens with one attached hydrogen (secondary N) is 1. The second kappa shape index (κ2) is 6.98. The molecule has 0 heterocycles. The first kappa shape index (κ1) is 14.5. The largest absolute Gasteiger partial charge is 0.373 e. The number of hydrogen-bond donors (Lipinski definition) is 2. The summed E-state index contributed by atoms with van der Waals surface area (Å²) in [6.07, 6.45) is -0.101. The third-order valence-electron chi connectivity index (χ3n) is 2.77. The van der Waals surface area contributed by atoms with Crippen LogP contribution in [0.25, 0.3) is 0 Å². The zero-order chi connectivity index (χ0) is 13.5. The number of hydrogen-bond acceptors (Lipinski definition) is 4. The molecular formula is C13H20N2O3. The van der Waals surface area contributed by atoms with Gasteiger partial charge in [0.05, 0.1) is 0 Å². The van der Waals surface area contributed by atoms with Crippen LogP contribution in [0, 0.1) is 6.92 Å². The second-order valence-corrected chi connectivity index (χ2v) is 4.05. The maximum absolute atomic E-state index is 11.4. The standard InChI is InChI=1S/C13H20N2O3/c1-9-6-4-5-7-10(9)15-11(13(14)16)8-12(17-2)18-3/h4-7,11-12,15H,8H2,1-3H3,(H2,14,16). The minimum Gasteiger partial charge on any atom is -0.373 e. The summed E-state index contributed by atoms with van der Waals surface area (Å²) in [5, 5.41) is 3.11. The quantitative estimate of drug-likeness (QED) is 0.717. The van der Waals surface area contributed by atoms with Crippen LogP contribution in [0.2, 0.25) is 0 Å². The van der Waals surface area contributed by atoms with Crippen molar-refractivity contribution in [2.45, 2.75) is 25.7 Å². The summed E-state index contributed by atoms with van der Waals surface area (Å²) in [6, 6.07) is 7.17. The van der Waals surface area contributed by atoms with Gasteiger partial charge in [-0.05, 0) is 18.6 Å². The molecule has 5 heteroatoms. The maximum atomic E-state index is 11.4. The van der Waals surface area contributed by atoms with Crippen molar-refractivity contribution < 1.29 is 14.3 Å². The predicted molar refractivity (Wildman–Crippen MR) is 70.2 cm³/mol. The van der Waals surface area contributed by atoms with Gasteiger partial charge in [0.2, 0.25) is 5.91 Å². The van der Waals surface area contributed by atoms with Gasteiger partial charge in [0, 0.05) is 26.3 Å². The first-order valence-corrected chi connectivity index (χ1v) is 5.75. The monoisotopic (exact) mass is 252 g/mol. The molecule has 0 saturated heterocycles. The van der Waals surface area contributed by atoms with Crippen LogP contribution in [-0.4, -0.2) is 32.5 Å². The number of aryl methyl sites for hydroxylation is 1. The van der Waals surface area contributed by atoms with Crippen molar-refractivity contribution in [3.8, 4) is 0 Å². The predicted octanol–water partition coefficient (Wildman–Crippen LogP) is 1.27. The van der Waals surface area contributed by atoms with Gasteiger partial charge in [-0.25, -0.2) is 0 Å². The van der Waals surface area contributed by atoms with Crippen molar-refractivity contribution >= 4 is 11.6 Å². The highest BCUT2D eigenvalue weighted by Crippen LogP contribution is 2.16. The molecule has 5 nitrogen and oxygen atoms in total. The molecule has 1 aromatic rings. The number of amides is 1. The lowest BCUT2D eigenvalue weighted by molar-refractivity contribution is -0.127. The Kier molecular flexibility index (Phi) is 5.61. The summed E-state index contributed by atoms with van der Waals surface area (Å²) in [5.41, 5.74) is 7.31. The zero-order valence-corrected chi connectivity index (χ0v) is 11.0. The number of primary amides is 1. The van der Waals surface area contributed by atoms with Crippen LogP contribution in [0.5, 0.6) is 0 Å². The first-order chi connectivity index (χ1) is 8.58. The topological polar surface area (TPSA) is 73.6 Å². The Bertz CT molecular complexity index is 392. The highest BCUT2D eigenvalue weighted by molar-refractivity contribution is 5.83. The van der Waals surface area contributed by atoms with Crippen LogP contribution < -0.4 is 11.1 Å². The molecule has 0 aliphatic carbocycles. The van der Waals surface area contributed by atoms with E-state index >= 15 is 0 Å². The summed E-state index contributed by atoms with van der Waals surface area (Å²) >= 11 is 0. The minimum absolute atomic E-state index is 0.358. The van der Waals surface area contributed by atoms with Crippen LogP contribution in [0.3, 0.4) is 0 Å². The van der Waals surface area contributed by atoms with E-state index in [0.29, 0.717) is 6.42 Å². The molecule has 0 radical (unpaired) electrons. The van der Waals surface area contributed by atoms with E-state index in [2.05, 4.69) is 5.32 Å². The van der Waals surface area contributed by atoms with E-state index in [1.807, 2.05) is 31.2 Å². The molecular weight excluding hydrogens is 232 g/mol. The molecule has 100 valence electrons. The lowest BCUT2D eigenvalue weighted by Crippen LogP contribution is -2.39. The van der Waals surface area contributed by atoms with Crippen LogP contribution in [-0.2, 0) is 14.3 Å². The Hall–Kier alpha value is -1.59. The number of nitrogens with two attached hydrogens (primary N) is 1. The highest BCUT2D eigenvalue weighted by Gasteiger charge is 2.21. The number of para-hydroxylation sites is 1. The van der Waals surface area contributed by atoms with Gasteiger partial charge >= 0.3 is 0 Å². The van der Waals surface area contributed by atoms with Gasteiger partial charge in [0.1, 0.15) is 6.04 Å². The average molecular weight is 252 g/mol. The van der Waals surface area contributed by atoms with E-state index in [9.17, 15) is 4.79 Å². The molecule has 0 aromatic heterocycles. The van der Waals surface area contributed by atoms with Gasteiger partial charge in [0.25, 0.3) is 0 Å². The summed E-state index contributed by atoms with van der Waals surface area (Å²) in [4.78, 5) is 11.4. The van der Waals surface area contributed by atoms with Gasteiger partial charge in [-0.1, -0.05) is 18.2 Å². The first-order valence-electron chi connectivity index (χ1n) is 5.75. The van der Waals surface area contributed by atoms with E-state index in [4.69, 9.17) is 15.2 Å². The summed E-state index contributed by atoms with van der Waals surface area (Å²) in [5.74, 6) is -0.433. The molecule has 0 bridgehead atoms. The van der Waals surface area contributed by atoms with Crippen molar-refractivity contribution in [2.24, 2.45) is 5.73 Å². The molecule has 1 amide bonds. The van der Waals surface area contributed by atoms with Crippen molar-refractivity contribution in [2.75, 3.05) is 19.5 Å². The summed E-state index contributed by atoms with van der Waals surface area (Å²) in [7, 11) is 3.06. The van der Waals surface area contributed by atoms with Crippen molar-refractivity contribution in [1.29, 1.82) is 0 Å². The third kappa shape index (κ3) is 4.01. The summed E-state index contributed by atoms with van der Waals surface area (Å²) in [6.45, 7) is 1.96. The lowest BCUT2D eigenvalue weighted by atomic mass is 10.1. The molecule has 1 aromatic carbocycles. The second-order valence-electron chi connectivity index (χ2n) is 4.05. The molecule has 0 spiro atoms. The fourth-order valence-corrected chi connectivity index (χ4v) is 1.65. The van der Waals surface area contributed by atoms with Gasteiger partial charge in [-0.3, -0.25) is 4.79 Å². The molecule has 1 unspecified atom stereocenters. The molecule has 0 fully saturated rings. The smallest absolute Gasteiger partial charge is 0.240 e. The third-order valence-corrected chi connectivity index (χ3v) is 2.77. The molecule has 1 rings (SSSR count). The van der Waals surface area contributed by atoms with E-state index in [1.54, 1.807) is 0 Å². The lowest BCUT2D eigenvalue weighted by Gasteiger charge is -2.22. The fourth-order valence-electron chi connectivity index (χ4n) is 1.65. The van der Waals surface area contributed by atoms with Crippen LogP contribution >= 0.6 is 0 Å². The Morgan fingerprint density at radius 2 is 1.94 bits per heavy atom. The number of methoxy groups -OCH3 is 2. The highest BCUT2D eigenvalue weighted by atomic mass is 16.7. The van der Waals surface area contributed by atoms with E-state index in [-0.39, 0.29) is 0 Å². The van der Waals surface area contributed by atoms with Gasteiger partial charge < -0.3 is 20.5 Å². The van der Waals surface area contributed by atoms with Gasteiger partial charge in [-0.2, -0.15) is 0 Å². The van der Waals surface area contributed by atoms with Crippen molar-refractivity contribution in [3.05, 3.63) is 29.8 Å². The zero-order valence-electron chi connectivity index (χ0n) is 11.0. The maximum Gasteiger partial charge on any atom is 0.240 e. The van der Waals surface area contributed by atoms with Crippen molar-refractivity contribution in [3.63, 3.8) is 0 Å². The van der Waals surface area contributed by atoms with E-state index in [0.717, 1.165) is 11.3 Å². The van der Waals surface area contributed by atoms with Crippen LogP contribution in [0.4, 0.5) is 5.69 Å². The molecule has 0 aliphatic rings. The average Bonchev–Trinajstić information content (AvgIpc) is 2.36. The summed E-state index contributed by atoms with van der Waals surface area (Å²) < 4.78 is 10.2. The molecule has 0 aliphatic heterocycles. The number of ether oxygens (including phenoxy) is 2. The van der Waals surface area contributed by atoms with Crippen molar-refractivity contribution in [1.82, 2.24) is 0 Å². The SMILES string of the molecule is COC(CC(Nc1ccccc1C)C(N)=O)OC. The molecule has 3 N–H and O–H groups in total.